The maximum absolute atomic E-state index is 9.99. The van der Waals surface area contributed by atoms with Crippen molar-refractivity contribution in [3.05, 3.63) is 28.8 Å². The number of hydrogen-bond acceptors (Lipinski definition) is 3. The minimum atomic E-state index is -0.890. The van der Waals surface area contributed by atoms with Crippen molar-refractivity contribution in [3.8, 4) is 5.75 Å². The Morgan fingerprint density at radius 3 is 2.38 bits per heavy atom. The summed E-state index contributed by atoms with van der Waals surface area (Å²) in [5.74, 6) is 0.667. The maximum Gasteiger partial charge on any atom is 0.127 e. The van der Waals surface area contributed by atoms with E-state index in [0.29, 0.717) is 17.7 Å². The molecule has 0 heterocycles. The first kappa shape index (κ1) is 13.0. The molecule has 0 fully saturated rings. The van der Waals surface area contributed by atoms with Crippen LogP contribution in [0.1, 0.15) is 36.1 Å². The third-order valence-corrected chi connectivity index (χ3v) is 3.01. The normalized spacial score (nSPS) is 14.6. The number of rotatable bonds is 4. The molecule has 0 aliphatic rings. The number of benzene rings is 1. The highest BCUT2D eigenvalue weighted by Gasteiger charge is 2.21. The average molecular weight is 224 g/mol. The molecule has 1 aromatic carbocycles. The van der Waals surface area contributed by atoms with Gasteiger partial charge in [-0.1, -0.05) is 19.1 Å². The molecular weight excluding hydrogens is 204 g/mol. The first-order chi connectivity index (χ1) is 7.52. The molecule has 16 heavy (non-hydrogen) atoms. The van der Waals surface area contributed by atoms with Gasteiger partial charge in [0.2, 0.25) is 0 Å². The summed E-state index contributed by atoms with van der Waals surface area (Å²) in [6.45, 7) is 5.77. The molecule has 0 amide bonds. The van der Waals surface area contributed by atoms with E-state index in [0.717, 1.165) is 11.1 Å². The Kier molecular flexibility index (Phi) is 4.33. The predicted molar refractivity (Wildman–Crippen MR) is 63.7 cm³/mol. The topological polar surface area (TPSA) is 49.7 Å². The van der Waals surface area contributed by atoms with Gasteiger partial charge in [0.05, 0.1) is 13.2 Å². The number of ether oxygens (including phenoxy) is 1. The van der Waals surface area contributed by atoms with Gasteiger partial charge in [-0.3, -0.25) is 0 Å². The number of aliphatic hydroxyl groups is 2. The summed E-state index contributed by atoms with van der Waals surface area (Å²) in [6, 6.07) is 3.74. The van der Waals surface area contributed by atoms with Crippen LogP contribution in [0.5, 0.6) is 5.75 Å². The molecule has 3 heteroatoms. The van der Waals surface area contributed by atoms with Crippen molar-refractivity contribution in [2.24, 2.45) is 0 Å². The summed E-state index contributed by atoms with van der Waals surface area (Å²) in [6.07, 6.45) is -1.13. The third-order valence-electron chi connectivity index (χ3n) is 3.01. The zero-order chi connectivity index (χ0) is 12.3. The first-order valence-corrected chi connectivity index (χ1v) is 5.53. The monoisotopic (exact) mass is 224 g/mol. The standard InChI is InChI=1S/C13H20O3/c1-5-11(14)12(15)10-7-6-8(2)9(3)13(10)16-4/h6-7,11-12,14-15H,5H2,1-4H3. The average Bonchev–Trinajstić information content (AvgIpc) is 2.30. The van der Waals surface area contributed by atoms with Crippen molar-refractivity contribution in [1.29, 1.82) is 0 Å². The second-order valence-electron chi connectivity index (χ2n) is 4.05. The van der Waals surface area contributed by atoms with Crippen molar-refractivity contribution < 1.29 is 14.9 Å². The fraction of sp³-hybridized carbons (Fsp3) is 0.538. The van der Waals surface area contributed by atoms with Crippen molar-refractivity contribution >= 4 is 0 Å². The molecule has 0 saturated carbocycles. The maximum atomic E-state index is 9.99. The quantitative estimate of drug-likeness (QED) is 0.823. The molecule has 2 atom stereocenters. The van der Waals surface area contributed by atoms with E-state index >= 15 is 0 Å². The third kappa shape index (κ3) is 2.36. The molecular formula is C13H20O3. The molecule has 1 aromatic rings. The highest BCUT2D eigenvalue weighted by Crippen LogP contribution is 2.32. The van der Waals surface area contributed by atoms with Gasteiger partial charge < -0.3 is 14.9 Å². The first-order valence-electron chi connectivity index (χ1n) is 5.53. The molecule has 1 rings (SSSR count). The molecule has 0 spiro atoms. The fourth-order valence-corrected chi connectivity index (χ4v) is 1.75. The van der Waals surface area contributed by atoms with Crippen LogP contribution in [0.4, 0.5) is 0 Å². The zero-order valence-electron chi connectivity index (χ0n) is 10.3. The molecule has 0 aromatic heterocycles. The van der Waals surface area contributed by atoms with Crippen LogP contribution in [0.25, 0.3) is 0 Å². The predicted octanol–water partition coefficient (Wildman–Crippen LogP) is 2.12. The van der Waals surface area contributed by atoms with Gasteiger partial charge >= 0.3 is 0 Å². The van der Waals surface area contributed by atoms with Crippen LogP contribution in [-0.2, 0) is 0 Å². The van der Waals surface area contributed by atoms with Gasteiger partial charge in [-0.25, -0.2) is 0 Å². The minimum Gasteiger partial charge on any atom is -0.496 e. The van der Waals surface area contributed by atoms with Gasteiger partial charge in [0, 0.05) is 5.56 Å². The van der Waals surface area contributed by atoms with Crippen LogP contribution in [0.2, 0.25) is 0 Å². The van der Waals surface area contributed by atoms with E-state index in [2.05, 4.69) is 0 Å². The van der Waals surface area contributed by atoms with E-state index in [1.54, 1.807) is 7.11 Å². The molecule has 3 nitrogen and oxygen atoms in total. The van der Waals surface area contributed by atoms with Crippen LogP contribution >= 0.6 is 0 Å². The van der Waals surface area contributed by atoms with Gasteiger partial charge in [0.1, 0.15) is 11.9 Å². The number of hydrogen-bond donors (Lipinski definition) is 2. The second-order valence-corrected chi connectivity index (χ2v) is 4.05. The summed E-state index contributed by atoms with van der Waals surface area (Å²) in [4.78, 5) is 0. The molecule has 0 aliphatic heterocycles. The van der Waals surface area contributed by atoms with E-state index in [1.165, 1.54) is 0 Å². The van der Waals surface area contributed by atoms with Crippen LogP contribution < -0.4 is 4.74 Å². The Morgan fingerprint density at radius 2 is 1.88 bits per heavy atom. The molecule has 2 unspecified atom stereocenters. The number of aryl methyl sites for hydroxylation is 1. The lowest BCUT2D eigenvalue weighted by Crippen LogP contribution is -2.18. The van der Waals surface area contributed by atoms with E-state index in [4.69, 9.17) is 4.74 Å². The largest absolute Gasteiger partial charge is 0.496 e. The molecule has 0 aliphatic carbocycles. The highest BCUT2D eigenvalue weighted by molar-refractivity contribution is 5.46. The Labute approximate surface area is 96.7 Å². The number of aliphatic hydroxyl groups excluding tert-OH is 2. The van der Waals surface area contributed by atoms with Crippen LogP contribution in [0, 0.1) is 13.8 Å². The van der Waals surface area contributed by atoms with E-state index in [1.807, 2.05) is 32.9 Å². The van der Waals surface area contributed by atoms with Crippen molar-refractivity contribution in [2.45, 2.75) is 39.4 Å². The summed E-state index contributed by atoms with van der Waals surface area (Å²) < 4.78 is 5.30. The summed E-state index contributed by atoms with van der Waals surface area (Å²) in [7, 11) is 1.58. The Bertz CT molecular complexity index is 360. The van der Waals surface area contributed by atoms with Crippen LogP contribution in [0.15, 0.2) is 12.1 Å². The summed E-state index contributed by atoms with van der Waals surface area (Å²) in [5.41, 5.74) is 2.76. The zero-order valence-corrected chi connectivity index (χ0v) is 10.3. The second kappa shape index (κ2) is 5.32. The molecule has 0 bridgehead atoms. The summed E-state index contributed by atoms with van der Waals surface area (Å²) >= 11 is 0. The summed E-state index contributed by atoms with van der Waals surface area (Å²) in [5, 5.41) is 19.6. The molecule has 0 radical (unpaired) electrons. The van der Waals surface area contributed by atoms with Crippen molar-refractivity contribution in [1.82, 2.24) is 0 Å². The van der Waals surface area contributed by atoms with Crippen LogP contribution in [-0.4, -0.2) is 23.4 Å². The van der Waals surface area contributed by atoms with Gasteiger partial charge in [-0.05, 0) is 31.4 Å². The van der Waals surface area contributed by atoms with Gasteiger partial charge in [0.15, 0.2) is 0 Å². The van der Waals surface area contributed by atoms with Crippen molar-refractivity contribution in [2.75, 3.05) is 7.11 Å². The molecule has 2 N–H and O–H groups in total. The lowest BCUT2D eigenvalue weighted by Gasteiger charge is -2.21. The molecule has 0 saturated heterocycles. The van der Waals surface area contributed by atoms with E-state index in [-0.39, 0.29) is 0 Å². The smallest absolute Gasteiger partial charge is 0.127 e. The van der Waals surface area contributed by atoms with E-state index in [9.17, 15) is 10.2 Å². The van der Waals surface area contributed by atoms with Crippen LogP contribution in [0.3, 0.4) is 0 Å². The van der Waals surface area contributed by atoms with Gasteiger partial charge in [-0.2, -0.15) is 0 Å². The lowest BCUT2D eigenvalue weighted by atomic mass is 9.97. The molecule has 90 valence electrons. The lowest BCUT2D eigenvalue weighted by molar-refractivity contribution is 0.0151. The van der Waals surface area contributed by atoms with Gasteiger partial charge in [-0.15, -0.1) is 0 Å². The fourth-order valence-electron chi connectivity index (χ4n) is 1.75. The van der Waals surface area contributed by atoms with E-state index < -0.39 is 12.2 Å². The highest BCUT2D eigenvalue weighted by atomic mass is 16.5. The minimum absolute atomic E-state index is 0.511. The van der Waals surface area contributed by atoms with Gasteiger partial charge in [0.25, 0.3) is 0 Å². The Balaban J connectivity index is 3.18. The van der Waals surface area contributed by atoms with Crippen molar-refractivity contribution in [3.63, 3.8) is 0 Å². The Hall–Kier alpha value is -1.06. The number of methoxy groups -OCH3 is 1. The Morgan fingerprint density at radius 1 is 1.25 bits per heavy atom. The SMILES string of the molecule is CCC(O)C(O)c1ccc(C)c(C)c1OC.